The van der Waals surface area contributed by atoms with E-state index in [9.17, 15) is 9.18 Å². The van der Waals surface area contributed by atoms with E-state index in [4.69, 9.17) is 4.74 Å². The Bertz CT molecular complexity index is 580. The Balaban J connectivity index is 2.20. The maximum atomic E-state index is 12.9. The molecular formula is C14H16FN3O2. The molecule has 6 heteroatoms. The van der Waals surface area contributed by atoms with Gasteiger partial charge in [0.1, 0.15) is 11.5 Å². The van der Waals surface area contributed by atoms with Crippen LogP contribution in [0.25, 0.3) is 5.69 Å². The van der Waals surface area contributed by atoms with Crippen molar-refractivity contribution >= 4 is 5.91 Å². The maximum absolute atomic E-state index is 12.9. The van der Waals surface area contributed by atoms with Crippen LogP contribution >= 0.6 is 0 Å². The fourth-order valence-corrected chi connectivity index (χ4v) is 1.86. The highest BCUT2D eigenvalue weighted by Gasteiger charge is 2.15. The molecule has 1 atom stereocenters. The van der Waals surface area contributed by atoms with E-state index in [0.717, 1.165) is 0 Å². The van der Waals surface area contributed by atoms with Gasteiger partial charge >= 0.3 is 0 Å². The minimum atomic E-state index is -0.325. The van der Waals surface area contributed by atoms with Gasteiger partial charge in [0.15, 0.2) is 0 Å². The van der Waals surface area contributed by atoms with Crippen molar-refractivity contribution in [1.29, 1.82) is 0 Å². The summed E-state index contributed by atoms with van der Waals surface area (Å²) < 4.78 is 19.5. The molecule has 2 rings (SSSR count). The topological polar surface area (TPSA) is 56.1 Å². The zero-order chi connectivity index (χ0) is 14.5. The van der Waals surface area contributed by atoms with Crippen molar-refractivity contribution in [3.8, 4) is 5.69 Å². The highest BCUT2D eigenvalue weighted by atomic mass is 19.1. The zero-order valence-corrected chi connectivity index (χ0v) is 11.3. The molecule has 0 aliphatic rings. The van der Waals surface area contributed by atoms with E-state index in [2.05, 4.69) is 10.3 Å². The van der Waals surface area contributed by atoms with Gasteiger partial charge in [-0.3, -0.25) is 9.36 Å². The molecule has 1 aromatic heterocycles. The normalized spacial score (nSPS) is 12.2. The van der Waals surface area contributed by atoms with Crippen LogP contribution in [0.5, 0.6) is 0 Å². The molecule has 5 nitrogen and oxygen atoms in total. The number of ether oxygens (including phenoxy) is 1. The summed E-state index contributed by atoms with van der Waals surface area (Å²) in [4.78, 5) is 16.1. The number of imidazole rings is 1. The number of amides is 1. The second-order valence-electron chi connectivity index (χ2n) is 4.46. The van der Waals surface area contributed by atoms with Crippen LogP contribution in [-0.4, -0.2) is 35.2 Å². The molecular weight excluding hydrogens is 261 g/mol. The van der Waals surface area contributed by atoms with Crippen LogP contribution in [0.4, 0.5) is 4.39 Å². The molecule has 0 saturated carbocycles. The molecule has 0 bridgehead atoms. The van der Waals surface area contributed by atoms with E-state index in [1.807, 2.05) is 6.92 Å². The molecule has 106 valence electrons. The summed E-state index contributed by atoms with van der Waals surface area (Å²) in [6.45, 7) is 2.27. The van der Waals surface area contributed by atoms with Crippen LogP contribution in [0, 0.1) is 5.82 Å². The summed E-state index contributed by atoms with van der Waals surface area (Å²) in [6, 6.07) is 5.75. The molecule has 1 amide bonds. The number of rotatable bonds is 5. The lowest BCUT2D eigenvalue weighted by atomic mass is 10.3. The van der Waals surface area contributed by atoms with Crippen LogP contribution in [0.3, 0.4) is 0 Å². The van der Waals surface area contributed by atoms with Gasteiger partial charge in [0, 0.05) is 18.8 Å². The largest absolute Gasteiger partial charge is 0.383 e. The van der Waals surface area contributed by atoms with Crippen LogP contribution < -0.4 is 5.32 Å². The quantitative estimate of drug-likeness (QED) is 0.906. The third-order valence-electron chi connectivity index (χ3n) is 2.77. The minimum absolute atomic E-state index is 0.107. The van der Waals surface area contributed by atoms with Gasteiger partial charge in [0.05, 0.1) is 19.1 Å². The number of aromatic nitrogens is 2. The van der Waals surface area contributed by atoms with Crippen molar-refractivity contribution in [2.75, 3.05) is 13.7 Å². The Labute approximate surface area is 116 Å². The van der Waals surface area contributed by atoms with Gasteiger partial charge in [-0.2, -0.15) is 0 Å². The van der Waals surface area contributed by atoms with Crippen LogP contribution in [0.15, 0.2) is 36.8 Å². The number of nitrogens with one attached hydrogen (secondary N) is 1. The summed E-state index contributed by atoms with van der Waals surface area (Å²) in [5.41, 5.74) is 1.06. The van der Waals surface area contributed by atoms with E-state index < -0.39 is 0 Å². The summed E-state index contributed by atoms with van der Waals surface area (Å²) in [5.74, 6) is -0.579. The maximum Gasteiger partial charge on any atom is 0.270 e. The SMILES string of the molecule is COCC(C)NC(=O)c1cncn1-c1ccc(F)cc1. The number of carbonyl (C=O) groups is 1. The Morgan fingerprint density at radius 2 is 2.15 bits per heavy atom. The highest BCUT2D eigenvalue weighted by molar-refractivity contribution is 5.93. The predicted molar refractivity (Wildman–Crippen MR) is 72.3 cm³/mol. The first-order chi connectivity index (χ1) is 9.61. The van der Waals surface area contributed by atoms with Crippen molar-refractivity contribution in [1.82, 2.24) is 14.9 Å². The molecule has 2 aromatic rings. The third-order valence-corrected chi connectivity index (χ3v) is 2.77. The second-order valence-corrected chi connectivity index (χ2v) is 4.46. The van der Waals surface area contributed by atoms with E-state index in [0.29, 0.717) is 18.0 Å². The first-order valence-electron chi connectivity index (χ1n) is 6.20. The summed E-state index contributed by atoms with van der Waals surface area (Å²) in [6.07, 6.45) is 2.99. The van der Waals surface area contributed by atoms with Gasteiger partial charge in [-0.15, -0.1) is 0 Å². The van der Waals surface area contributed by atoms with E-state index in [1.54, 1.807) is 23.8 Å². The Kier molecular flexibility index (Phi) is 4.47. The number of nitrogens with zero attached hydrogens (tertiary/aromatic N) is 2. The number of hydrogen-bond acceptors (Lipinski definition) is 3. The smallest absolute Gasteiger partial charge is 0.270 e. The molecule has 0 aliphatic carbocycles. The lowest BCUT2D eigenvalue weighted by molar-refractivity contribution is 0.0899. The van der Waals surface area contributed by atoms with Gasteiger partial charge in [-0.05, 0) is 31.2 Å². The summed E-state index contributed by atoms with van der Waals surface area (Å²) in [7, 11) is 1.57. The average Bonchev–Trinajstić information content (AvgIpc) is 2.89. The number of methoxy groups -OCH3 is 1. The number of halogens is 1. The predicted octanol–water partition coefficient (Wildman–Crippen LogP) is 1.78. The van der Waals surface area contributed by atoms with Crippen molar-refractivity contribution in [2.24, 2.45) is 0 Å². The van der Waals surface area contributed by atoms with Crippen molar-refractivity contribution in [2.45, 2.75) is 13.0 Å². The molecule has 0 spiro atoms. The molecule has 1 aromatic carbocycles. The first-order valence-corrected chi connectivity index (χ1v) is 6.20. The highest BCUT2D eigenvalue weighted by Crippen LogP contribution is 2.12. The van der Waals surface area contributed by atoms with E-state index >= 15 is 0 Å². The first kappa shape index (κ1) is 14.2. The number of benzene rings is 1. The second kappa shape index (κ2) is 6.29. The number of carbonyl (C=O) groups excluding carboxylic acids is 1. The molecule has 0 saturated heterocycles. The van der Waals surface area contributed by atoms with Gasteiger partial charge in [-0.1, -0.05) is 0 Å². The molecule has 1 unspecified atom stereocenters. The third kappa shape index (κ3) is 3.21. The summed E-state index contributed by atoms with van der Waals surface area (Å²) in [5, 5.41) is 2.81. The van der Waals surface area contributed by atoms with Gasteiger partial charge < -0.3 is 10.1 Å². The van der Waals surface area contributed by atoms with E-state index in [-0.39, 0.29) is 17.8 Å². The fraction of sp³-hybridized carbons (Fsp3) is 0.286. The van der Waals surface area contributed by atoms with Crippen molar-refractivity contribution < 1.29 is 13.9 Å². The Morgan fingerprint density at radius 1 is 1.45 bits per heavy atom. The molecule has 20 heavy (non-hydrogen) atoms. The molecule has 0 fully saturated rings. The zero-order valence-electron chi connectivity index (χ0n) is 11.3. The molecule has 0 aliphatic heterocycles. The lowest BCUT2D eigenvalue weighted by Gasteiger charge is -2.13. The van der Waals surface area contributed by atoms with Crippen LogP contribution in [-0.2, 0) is 4.74 Å². The fourth-order valence-electron chi connectivity index (χ4n) is 1.86. The van der Waals surface area contributed by atoms with Gasteiger partial charge in [0.25, 0.3) is 5.91 Å². The Hall–Kier alpha value is -2.21. The summed E-state index contributed by atoms with van der Waals surface area (Å²) >= 11 is 0. The Morgan fingerprint density at radius 3 is 2.80 bits per heavy atom. The molecule has 1 N–H and O–H groups in total. The molecule has 0 radical (unpaired) electrons. The number of hydrogen-bond donors (Lipinski definition) is 1. The molecule has 1 heterocycles. The van der Waals surface area contributed by atoms with Crippen molar-refractivity contribution in [3.05, 3.63) is 48.3 Å². The van der Waals surface area contributed by atoms with Crippen LogP contribution in [0.1, 0.15) is 17.4 Å². The van der Waals surface area contributed by atoms with Crippen molar-refractivity contribution in [3.63, 3.8) is 0 Å². The lowest BCUT2D eigenvalue weighted by Crippen LogP contribution is -2.36. The monoisotopic (exact) mass is 277 g/mol. The van der Waals surface area contributed by atoms with Crippen LogP contribution in [0.2, 0.25) is 0 Å². The standard InChI is InChI=1S/C14H16FN3O2/c1-10(8-20-2)17-14(19)13-7-16-9-18(13)12-5-3-11(15)4-6-12/h3-7,9-10H,8H2,1-2H3,(H,17,19). The van der Waals surface area contributed by atoms with E-state index in [1.165, 1.54) is 24.7 Å². The van der Waals surface area contributed by atoms with Gasteiger partial charge in [0.2, 0.25) is 0 Å². The van der Waals surface area contributed by atoms with Gasteiger partial charge in [-0.25, -0.2) is 9.37 Å². The minimum Gasteiger partial charge on any atom is -0.383 e. The average molecular weight is 277 g/mol.